The molecule has 8 heteroatoms. The van der Waals surface area contributed by atoms with Gasteiger partial charge in [0.05, 0.1) is 7.11 Å². The third-order valence-corrected chi connectivity index (χ3v) is 3.27. The normalized spacial score (nSPS) is 11.6. The predicted octanol–water partition coefficient (Wildman–Crippen LogP) is 2.16. The quantitative estimate of drug-likeness (QED) is 0.717. The summed E-state index contributed by atoms with van der Waals surface area (Å²) in [7, 11) is 1.31. The molecule has 1 aromatic rings. The number of halogens is 1. The minimum absolute atomic E-state index is 0.00929. The van der Waals surface area contributed by atoms with Crippen LogP contribution in [0.3, 0.4) is 0 Å². The van der Waals surface area contributed by atoms with Crippen LogP contribution in [0, 0.1) is 5.82 Å². The topological polar surface area (TPSA) is 87.7 Å². The number of carboxylic acid groups (broad SMARTS) is 1. The highest BCUT2D eigenvalue weighted by molar-refractivity contribution is 7.98. The molecular weight excluding hydrogens is 299 g/mol. The standard InChI is InChI=1S/C13H17FN2O4S/c1-20-11-7-8(3-4-9(11)14)15-13(19)16-10(12(17)18)5-6-21-2/h3-4,7,10H,5-6H2,1-2H3,(H,17,18)(H2,15,16,19). The fourth-order valence-corrected chi connectivity index (χ4v) is 2.03. The lowest BCUT2D eigenvalue weighted by Gasteiger charge is -2.15. The van der Waals surface area contributed by atoms with Gasteiger partial charge < -0.3 is 20.5 Å². The molecule has 0 aliphatic carbocycles. The van der Waals surface area contributed by atoms with Gasteiger partial charge in [-0.3, -0.25) is 0 Å². The van der Waals surface area contributed by atoms with E-state index in [4.69, 9.17) is 9.84 Å². The minimum atomic E-state index is -1.10. The average molecular weight is 316 g/mol. The molecule has 1 aromatic carbocycles. The van der Waals surface area contributed by atoms with Gasteiger partial charge in [0, 0.05) is 11.8 Å². The number of urea groups is 1. The largest absolute Gasteiger partial charge is 0.494 e. The van der Waals surface area contributed by atoms with Crippen LogP contribution in [0.25, 0.3) is 0 Å². The average Bonchev–Trinajstić information content (AvgIpc) is 2.45. The summed E-state index contributed by atoms with van der Waals surface area (Å²) in [4.78, 5) is 22.8. The molecule has 0 heterocycles. The summed E-state index contributed by atoms with van der Waals surface area (Å²) in [5, 5.41) is 13.8. The van der Waals surface area contributed by atoms with Gasteiger partial charge in [-0.05, 0) is 30.6 Å². The summed E-state index contributed by atoms with van der Waals surface area (Å²) in [5.74, 6) is -1.05. The first-order valence-corrected chi connectivity index (χ1v) is 7.50. The summed E-state index contributed by atoms with van der Waals surface area (Å²) < 4.78 is 18.0. The van der Waals surface area contributed by atoms with Gasteiger partial charge in [0.25, 0.3) is 0 Å². The maximum Gasteiger partial charge on any atom is 0.326 e. The summed E-state index contributed by atoms with van der Waals surface area (Å²) in [6.45, 7) is 0. The lowest BCUT2D eigenvalue weighted by molar-refractivity contribution is -0.139. The highest BCUT2D eigenvalue weighted by Gasteiger charge is 2.19. The molecule has 3 N–H and O–H groups in total. The molecule has 0 aromatic heterocycles. The van der Waals surface area contributed by atoms with E-state index in [2.05, 4.69) is 10.6 Å². The van der Waals surface area contributed by atoms with E-state index < -0.39 is 23.9 Å². The van der Waals surface area contributed by atoms with Gasteiger partial charge in [-0.2, -0.15) is 11.8 Å². The Kier molecular flexibility index (Phi) is 6.80. The molecule has 0 fully saturated rings. The molecule has 1 atom stereocenters. The molecule has 0 radical (unpaired) electrons. The summed E-state index contributed by atoms with van der Waals surface area (Å²) >= 11 is 1.49. The summed E-state index contributed by atoms with van der Waals surface area (Å²) in [6, 6.07) is 2.18. The maximum absolute atomic E-state index is 13.2. The van der Waals surface area contributed by atoms with Crippen LogP contribution in [-0.2, 0) is 4.79 Å². The first-order valence-electron chi connectivity index (χ1n) is 6.10. The molecule has 116 valence electrons. The number of nitrogens with one attached hydrogen (secondary N) is 2. The summed E-state index contributed by atoms with van der Waals surface area (Å²) in [5.41, 5.74) is 0.305. The van der Waals surface area contributed by atoms with Gasteiger partial charge >= 0.3 is 12.0 Å². The number of carboxylic acids is 1. The maximum atomic E-state index is 13.2. The van der Waals surface area contributed by atoms with Crippen molar-refractivity contribution in [2.24, 2.45) is 0 Å². The first-order chi connectivity index (χ1) is 9.97. The molecule has 0 aliphatic heterocycles. The Hall–Kier alpha value is -1.96. The molecule has 0 saturated heterocycles. The molecule has 0 bridgehead atoms. The van der Waals surface area contributed by atoms with Crippen molar-refractivity contribution in [2.45, 2.75) is 12.5 Å². The highest BCUT2D eigenvalue weighted by Crippen LogP contribution is 2.21. The van der Waals surface area contributed by atoms with Crippen LogP contribution in [-0.4, -0.2) is 42.3 Å². The number of benzene rings is 1. The van der Waals surface area contributed by atoms with Gasteiger partial charge in [0.2, 0.25) is 0 Å². The fourth-order valence-electron chi connectivity index (χ4n) is 1.56. The van der Waals surface area contributed by atoms with Crippen molar-refractivity contribution in [2.75, 3.05) is 24.4 Å². The van der Waals surface area contributed by atoms with E-state index in [0.717, 1.165) is 6.07 Å². The third kappa shape index (κ3) is 5.50. The molecule has 21 heavy (non-hydrogen) atoms. The molecule has 0 aliphatic rings. The van der Waals surface area contributed by atoms with Gasteiger partial charge in [-0.15, -0.1) is 0 Å². The van der Waals surface area contributed by atoms with Crippen molar-refractivity contribution in [1.82, 2.24) is 5.32 Å². The van der Waals surface area contributed by atoms with E-state index >= 15 is 0 Å². The Bertz CT molecular complexity index is 513. The second-order valence-electron chi connectivity index (χ2n) is 4.12. The zero-order valence-corrected chi connectivity index (χ0v) is 12.5. The molecule has 0 spiro atoms. The Labute approximate surface area is 126 Å². The van der Waals surface area contributed by atoms with Crippen LogP contribution in [0.15, 0.2) is 18.2 Å². The molecular formula is C13H17FN2O4S. The second-order valence-corrected chi connectivity index (χ2v) is 5.11. The molecule has 1 unspecified atom stereocenters. The number of aliphatic carboxylic acids is 1. The van der Waals surface area contributed by atoms with Crippen molar-refractivity contribution >= 4 is 29.4 Å². The smallest absolute Gasteiger partial charge is 0.326 e. The molecule has 1 rings (SSSR count). The Morgan fingerprint density at radius 1 is 1.48 bits per heavy atom. The number of amides is 2. The Balaban J connectivity index is 2.65. The number of hydrogen-bond donors (Lipinski definition) is 3. The Morgan fingerprint density at radius 2 is 2.19 bits per heavy atom. The van der Waals surface area contributed by atoms with Crippen molar-refractivity contribution in [3.63, 3.8) is 0 Å². The van der Waals surface area contributed by atoms with Crippen LogP contribution in [0.5, 0.6) is 5.75 Å². The number of rotatable bonds is 7. The van der Waals surface area contributed by atoms with E-state index in [1.165, 1.54) is 31.0 Å². The van der Waals surface area contributed by atoms with Gasteiger partial charge in [-0.25, -0.2) is 14.0 Å². The third-order valence-electron chi connectivity index (χ3n) is 2.62. The number of thioether (sulfide) groups is 1. The molecule has 6 nitrogen and oxygen atoms in total. The lowest BCUT2D eigenvalue weighted by atomic mass is 10.2. The van der Waals surface area contributed by atoms with Crippen molar-refractivity contribution in [3.8, 4) is 5.75 Å². The van der Waals surface area contributed by atoms with Gasteiger partial charge in [0.15, 0.2) is 11.6 Å². The van der Waals surface area contributed by atoms with E-state index in [1.807, 2.05) is 6.26 Å². The predicted molar refractivity (Wildman–Crippen MR) is 79.5 cm³/mol. The van der Waals surface area contributed by atoms with Crippen molar-refractivity contribution in [3.05, 3.63) is 24.0 Å². The van der Waals surface area contributed by atoms with Gasteiger partial charge in [-0.1, -0.05) is 0 Å². The molecule has 0 saturated carbocycles. The highest BCUT2D eigenvalue weighted by atomic mass is 32.2. The minimum Gasteiger partial charge on any atom is -0.494 e. The number of carbonyl (C=O) groups excluding carboxylic acids is 1. The fraction of sp³-hybridized carbons (Fsp3) is 0.385. The number of carbonyl (C=O) groups is 2. The SMILES string of the molecule is COc1cc(NC(=O)NC(CCSC)C(=O)O)ccc1F. The van der Waals surface area contributed by atoms with E-state index in [1.54, 1.807) is 0 Å². The van der Waals surface area contributed by atoms with Crippen LogP contribution < -0.4 is 15.4 Å². The van der Waals surface area contributed by atoms with Crippen LogP contribution in [0.4, 0.5) is 14.9 Å². The Morgan fingerprint density at radius 3 is 2.76 bits per heavy atom. The lowest BCUT2D eigenvalue weighted by Crippen LogP contribution is -2.43. The van der Waals surface area contributed by atoms with Crippen LogP contribution in [0.1, 0.15) is 6.42 Å². The number of ether oxygens (including phenoxy) is 1. The number of hydrogen-bond acceptors (Lipinski definition) is 4. The zero-order chi connectivity index (χ0) is 15.8. The second kappa shape index (κ2) is 8.35. The van der Waals surface area contributed by atoms with Crippen molar-refractivity contribution < 1.29 is 23.8 Å². The van der Waals surface area contributed by atoms with Gasteiger partial charge in [0.1, 0.15) is 6.04 Å². The van der Waals surface area contributed by atoms with E-state index in [9.17, 15) is 14.0 Å². The van der Waals surface area contributed by atoms with Crippen LogP contribution in [0.2, 0.25) is 0 Å². The number of methoxy groups -OCH3 is 1. The van der Waals surface area contributed by atoms with E-state index in [-0.39, 0.29) is 5.75 Å². The zero-order valence-electron chi connectivity index (χ0n) is 11.7. The van der Waals surface area contributed by atoms with Crippen molar-refractivity contribution in [1.29, 1.82) is 0 Å². The monoisotopic (exact) mass is 316 g/mol. The molecule has 2 amide bonds. The summed E-state index contributed by atoms with van der Waals surface area (Å²) in [6.07, 6.45) is 2.17. The van der Waals surface area contributed by atoms with E-state index in [0.29, 0.717) is 17.9 Å². The number of anilines is 1. The van der Waals surface area contributed by atoms with Crippen LogP contribution >= 0.6 is 11.8 Å². The first kappa shape index (κ1) is 17.1.